The zero-order valence-electron chi connectivity index (χ0n) is 8.78. The van der Waals surface area contributed by atoms with Gasteiger partial charge in [0.1, 0.15) is 0 Å². The lowest BCUT2D eigenvalue weighted by molar-refractivity contribution is -0.134. The average molecular weight is 193 g/mol. The molecule has 76 valence electrons. The molecule has 0 atom stereocenters. The summed E-state index contributed by atoms with van der Waals surface area (Å²) in [5, 5.41) is 0. The summed E-state index contributed by atoms with van der Waals surface area (Å²) in [7, 11) is 0. The fourth-order valence-electron chi connectivity index (χ4n) is 1.12. The topological polar surface area (TPSA) is 39.2 Å². The van der Waals surface area contributed by atoms with Gasteiger partial charge in [-0.05, 0) is 18.1 Å². The highest BCUT2D eigenvalue weighted by molar-refractivity contribution is 5.72. The largest absolute Gasteiger partial charge is 0.425 e. The Morgan fingerprint density at radius 2 is 2.29 bits per heavy atom. The van der Waals surface area contributed by atoms with E-state index in [1.165, 1.54) is 0 Å². The number of nitrogens with zero attached hydrogens (tertiary/aromatic N) is 1. The van der Waals surface area contributed by atoms with Gasteiger partial charge in [-0.2, -0.15) is 0 Å². The Hall–Kier alpha value is -1.38. The van der Waals surface area contributed by atoms with Gasteiger partial charge in [0, 0.05) is 12.6 Å². The van der Waals surface area contributed by atoms with E-state index in [1.54, 1.807) is 25.3 Å². The van der Waals surface area contributed by atoms with Gasteiger partial charge in [-0.3, -0.25) is 9.78 Å². The zero-order chi connectivity index (χ0) is 10.6. The molecule has 3 nitrogen and oxygen atoms in total. The predicted molar refractivity (Wildman–Crippen MR) is 54.3 cm³/mol. The third kappa shape index (κ3) is 2.55. The van der Waals surface area contributed by atoms with Crippen molar-refractivity contribution >= 4 is 5.97 Å². The van der Waals surface area contributed by atoms with Crippen LogP contribution >= 0.6 is 0 Å². The van der Waals surface area contributed by atoms with Gasteiger partial charge in [0.15, 0.2) is 5.75 Å². The van der Waals surface area contributed by atoms with Gasteiger partial charge in [0.05, 0.1) is 5.69 Å². The lowest BCUT2D eigenvalue weighted by Gasteiger charge is -2.10. The molecule has 0 N–H and O–H groups in total. The van der Waals surface area contributed by atoms with E-state index in [0.29, 0.717) is 12.2 Å². The quantitative estimate of drug-likeness (QED) is 0.692. The number of hydrogen-bond donors (Lipinski definition) is 0. The second-order valence-corrected chi connectivity index (χ2v) is 3.37. The number of pyridine rings is 1. The van der Waals surface area contributed by atoms with Crippen LogP contribution < -0.4 is 4.74 Å². The highest BCUT2D eigenvalue weighted by atomic mass is 16.5. The van der Waals surface area contributed by atoms with Gasteiger partial charge in [0.2, 0.25) is 0 Å². The maximum atomic E-state index is 11.1. The maximum Gasteiger partial charge on any atom is 0.310 e. The van der Waals surface area contributed by atoms with E-state index in [-0.39, 0.29) is 11.9 Å². The van der Waals surface area contributed by atoms with Crippen molar-refractivity contribution in [2.75, 3.05) is 0 Å². The summed E-state index contributed by atoms with van der Waals surface area (Å²) in [5.41, 5.74) is 0.828. The van der Waals surface area contributed by atoms with E-state index in [2.05, 4.69) is 4.98 Å². The highest BCUT2D eigenvalue weighted by Crippen LogP contribution is 2.23. The fourth-order valence-corrected chi connectivity index (χ4v) is 1.12. The van der Waals surface area contributed by atoms with E-state index in [4.69, 9.17) is 4.74 Å². The number of carbonyl (C=O) groups excluding carboxylic acids is 1. The highest BCUT2D eigenvalue weighted by Gasteiger charge is 2.10. The third-order valence-electron chi connectivity index (χ3n) is 1.86. The van der Waals surface area contributed by atoms with Gasteiger partial charge in [-0.1, -0.05) is 20.8 Å². The van der Waals surface area contributed by atoms with E-state index in [1.807, 2.05) is 13.8 Å². The normalized spacial score (nSPS) is 10.3. The Bertz CT molecular complexity index is 321. The van der Waals surface area contributed by atoms with Crippen LogP contribution in [0.3, 0.4) is 0 Å². The molecule has 0 amide bonds. The minimum atomic E-state index is -0.222. The molecule has 14 heavy (non-hydrogen) atoms. The smallest absolute Gasteiger partial charge is 0.310 e. The molecule has 1 aromatic heterocycles. The second-order valence-electron chi connectivity index (χ2n) is 3.37. The molecule has 1 rings (SSSR count). The van der Waals surface area contributed by atoms with E-state index in [9.17, 15) is 4.79 Å². The first-order valence-electron chi connectivity index (χ1n) is 4.80. The van der Waals surface area contributed by atoms with Crippen molar-refractivity contribution in [3.05, 3.63) is 24.0 Å². The Morgan fingerprint density at radius 1 is 1.57 bits per heavy atom. The first-order valence-corrected chi connectivity index (χ1v) is 4.80. The van der Waals surface area contributed by atoms with Gasteiger partial charge in [0.25, 0.3) is 0 Å². The van der Waals surface area contributed by atoms with Crippen LogP contribution in [0.5, 0.6) is 5.75 Å². The number of carbonyl (C=O) groups is 1. The molecule has 1 aromatic rings. The Kier molecular flexibility index (Phi) is 3.63. The standard InChI is InChI=1S/C11H15NO2/c1-4-10(13)14-9-6-5-7-12-11(9)8(2)3/h5-8H,4H2,1-3H3. The van der Waals surface area contributed by atoms with Gasteiger partial charge >= 0.3 is 5.97 Å². The van der Waals surface area contributed by atoms with Gasteiger partial charge < -0.3 is 4.74 Å². The number of ether oxygens (including phenoxy) is 1. The molecule has 1 heterocycles. The average Bonchev–Trinajstić information content (AvgIpc) is 2.18. The number of rotatable bonds is 3. The van der Waals surface area contributed by atoms with Crippen LogP contribution in [0.2, 0.25) is 0 Å². The molecular weight excluding hydrogens is 178 g/mol. The summed E-state index contributed by atoms with van der Waals surface area (Å²) in [5.74, 6) is 0.616. The Balaban J connectivity index is 2.90. The second kappa shape index (κ2) is 4.74. The van der Waals surface area contributed by atoms with Crippen LogP contribution in [0, 0.1) is 0 Å². The zero-order valence-corrected chi connectivity index (χ0v) is 8.78. The van der Waals surface area contributed by atoms with E-state index in [0.717, 1.165) is 5.69 Å². The van der Waals surface area contributed by atoms with E-state index >= 15 is 0 Å². The van der Waals surface area contributed by atoms with Crippen LogP contribution in [-0.4, -0.2) is 11.0 Å². The maximum absolute atomic E-state index is 11.1. The minimum absolute atomic E-state index is 0.222. The van der Waals surface area contributed by atoms with Gasteiger partial charge in [-0.25, -0.2) is 0 Å². The Labute approximate surface area is 84.1 Å². The number of esters is 1. The molecule has 0 radical (unpaired) electrons. The monoisotopic (exact) mass is 193 g/mol. The third-order valence-corrected chi connectivity index (χ3v) is 1.86. The summed E-state index contributed by atoms with van der Waals surface area (Å²) >= 11 is 0. The van der Waals surface area contributed by atoms with E-state index < -0.39 is 0 Å². The van der Waals surface area contributed by atoms with Crippen molar-refractivity contribution in [1.29, 1.82) is 0 Å². The minimum Gasteiger partial charge on any atom is -0.425 e. The van der Waals surface area contributed by atoms with Gasteiger partial charge in [-0.15, -0.1) is 0 Å². The summed E-state index contributed by atoms with van der Waals surface area (Å²) in [6, 6.07) is 3.54. The van der Waals surface area contributed by atoms with Crippen molar-refractivity contribution in [1.82, 2.24) is 4.98 Å². The SMILES string of the molecule is CCC(=O)Oc1cccnc1C(C)C. The van der Waals surface area contributed by atoms with Crippen LogP contribution in [0.4, 0.5) is 0 Å². The van der Waals surface area contributed by atoms with Crippen molar-refractivity contribution in [2.24, 2.45) is 0 Å². The molecule has 0 fully saturated rings. The van der Waals surface area contributed by atoms with Crippen molar-refractivity contribution in [2.45, 2.75) is 33.1 Å². The predicted octanol–water partition coefficient (Wildman–Crippen LogP) is 2.52. The van der Waals surface area contributed by atoms with Crippen molar-refractivity contribution in [3.8, 4) is 5.75 Å². The molecule has 0 saturated heterocycles. The molecule has 0 saturated carbocycles. The van der Waals surface area contributed by atoms with Crippen molar-refractivity contribution in [3.63, 3.8) is 0 Å². The molecule has 3 heteroatoms. The molecule has 0 unspecified atom stereocenters. The molecule has 0 aliphatic carbocycles. The lowest BCUT2D eigenvalue weighted by atomic mass is 10.1. The number of aromatic nitrogens is 1. The molecule has 0 aromatic carbocycles. The van der Waals surface area contributed by atoms with Crippen LogP contribution in [0.25, 0.3) is 0 Å². The molecule has 0 bridgehead atoms. The van der Waals surface area contributed by atoms with Crippen LogP contribution in [0.15, 0.2) is 18.3 Å². The Morgan fingerprint density at radius 3 is 2.86 bits per heavy atom. The van der Waals surface area contributed by atoms with Crippen molar-refractivity contribution < 1.29 is 9.53 Å². The summed E-state index contributed by atoms with van der Waals surface area (Å²) in [6.07, 6.45) is 2.09. The van der Waals surface area contributed by atoms with Crippen LogP contribution in [-0.2, 0) is 4.79 Å². The summed E-state index contributed by atoms with van der Waals surface area (Å²) < 4.78 is 5.15. The fraction of sp³-hybridized carbons (Fsp3) is 0.455. The van der Waals surface area contributed by atoms with Crippen LogP contribution in [0.1, 0.15) is 38.8 Å². The first kappa shape index (κ1) is 10.7. The number of hydrogen-bond acceptors (Lipinski definition) is 3. The molecule has 0 aliphatic heterocycles. The lowest BCUT2D eigenvalue weighted by Crippen LogP contribution is -2.08. The molecular formula is C11H15NO2. The molecule has 0 spiro atoms. The first-order chi connectivity index (χ1) is 6.65. The summed E-state index contributed by atoms with van der Waals surface area (Å²) in [4.78, 5) is 15.3. The summed E-state index contributed by atoms with van der Waals surface area (Å²) in [6.45, 7) is 5.81. The molecule has 0 aliphatic rings.